The molecule has 0 aliphatic rings. The van der Waals surface area contributed by atoms with Crippen molar-refractivity contribution in [3.8, 4) is 11.8 Å². The van der Waals surface area contributed by atoms with Gasteiger partial charge >= 0.3 is 0 Å². The second kappa shape index (κ2) is 21.4. The number of rotatable bonds is 17. The number of hydrogen-bond acceptors (Lipinski definition) is 0. The van der Waals surface area contributed by atoms with Crippen molar-refractivity contribution in [1.29, 1.82) is 0 Å². The van der Waals surface area contributed by atoms with Crippen LogP contribution in [0.2, 0.25) is 0 Å². The van der Waals surface area contributed by atoms with E-state index in [4.69, 9.17) is 0 Å². The van der Waals surface area contributed by atoms with E-state index in [1.807, 2.05) is 0 Å². The van der Waals surface area contributed by atoms with Gasteiger partial charge in [0, 0.05) is 12.8 Å². The molecule has 23 heavy (non-hydrogen) atoms. The third-order valence-electron chi connectivity index (χ3n) is 4.58. The van der Waals surface area contributed by atoms with Gasteiger partial charge in [0.1, 0.15) is 0 Å². The minimum atomic E-state index is 1.10. The molecule has 0 atom stereocenters. The van der Waals surface area contributed by atoms with Gasteiger partial charge in [0.05, 0.1) is 13.3 Å². The van der Waals surface area contributed by atoms with E-state index in [0.717, 1.165) is 19.3 Å². The molecule has 0 unspecified atom stereocenters. The molecule has 0 heterocycles. The Kier molecular flexibility index (Phi) is 20.9. The third kappa shape index (κ3) is 21.4. The van der Waals surface area contributed by atoms with Gasteiger partial charge in [0.2, 0.25) is 0 Å². The lowest BCUT2D eigenvalue weighted by atomic mass is 10.1. The van der Waals surface area contributed by atoms with Crippen LogP contribution in [0.15, 0.2) is 0 Å². The van der Waals surface area contributed by atoms with E-state index in [1.165, 1.54) is 103 Å². The summed E-state index contributed by atoms with van der Waals surface area (Å²) >= 11 is 0. The summed E-state index contributed by atoms with van der Waals surface area (Å²) in [5.41, 5.74) is 0. The highest BCUT2D eigenvalue weighted by molar-refractivity contribution is 4.98. The van der Waals surface area contributed by atoms with E-state index in [9.17, 15) is 0 Å². The van der Waals surface area contributed by atoms with Gasteiger partial charge in [-0.15, -0.1) is 11.8 Å². The molecule has 0 fully saturated rings. The topological polar surface area (TPSA) is 0 Å². The molecule has 0 aliphatic carbocycles. The normalized spacial score (nSPS) is 10.5. The fraction of sp³-hybridized carbons (Fsp3) is 0.870. The summed E-state index contributed by atoms with van der Waals surface area (Å²) in [6, 6.07) is 0. The van der Waals surface area contributed by atoms with Crippen LogP contribution in [0.3, 0.4) is 0 Å². The van der Waals surface area contributed by atoms with Crippen molar-refractivity contribution in [2.24, 2.45) is 0 Å². The van der Waals surface area contributed by atoms with Gasteiger partial charge < -0.3 is 0 Å². The van der Waals surface area contributed by atoms with Crippen molar-refractivity contribution in [1.82, 2.24) is 0 Å². The lowest BCUT2D eigenvalue weighted by Gasteiger charge is -2.01. The van der Waals surface area contributed by atoms with E-state index in [0.29, 0.717) is 0 Å². The fourth-order valence-corrected chi connectivity index (χ4v) is 2.97. The second-order valence-corrected chi connectivity index (χ2v) is 7.01. The van der Waals surface area contributed by atoms with E-state index < -0.39 is 0 Å². The zero-order valence-corrected chi connectivity index (χ0v) is 16.1. The van der Waals surface area contributed by atoms with E-state index in [1.54, 1.807) is 0 Å². The van der Waals surface area contributed by atoms with Gasteiger partial charge in [-0.05, 0) is 25.7 Å². The summed E-state index contributed by atoms with van der Waals surface area (Å²) in [5.74, 6) is 6.71. The first kappa shape index (κ1) is 22.4. The Morgan fingerprint density at radius 1 is 0.478 bits per heavy atom. The average molecular weight is 320 g/mol. The highest BCUT2D eigenvalue weighted by Gasteiger charge is 1.92. The molecule has 0 aromatic carbocycles. The van der Waals surface area contributed by atoms with Gasteiger partial charge in [-0.25, -0.2) is 0 Å². The highest BCUT2D eigenvalue weighted by atomic mass is 14.0. The first-order valence-corrected chi connectivity index (χ1v) is 10.7. The first-order chi connectivity index (χ1) is 11.4. The molecule has 0 saturated heterocycles. The second-order valence-electron chi connectivity index (χ2n) is 7.01. The van der Waals surface area contributed by atoms with Crippen molar-refractivity contribution in [3.05, 3.63) is 6.92 Å². The van der Waals surface area contributed by atoms with Crippen molar-refractivity contribution in [2.45, 2.75) is 129 Å². The molecule has 0 heteroatoms. The van der Waals surface area contributed by atoms with Crippen LogP contribution in [0.4, 0.5) is 0 Å². The molecular formula is C23H43+. The maximum absolute atomic E-state index is 3.88. The SMILES string of the molecule is [CH2+]CCCCCCCC#CCCCCCCCCCCCCC. The monoisotopic (exact) mass is 319 g/mol. The van der Waals surface area contributed by atoms with Crippen LogP contribution in [-0.4, -0.2) is 0 Å². The minimum absolute atomic E-state index is 1.10. The molecule has 0 bridgehead atoms. The molecule has 0 rings (SSSR count). The van der Waals surface area contributed by atoms with Crippen molar-refractivity contribution < 1.29 is 0 Å². The van der Waals surface area contributed by atoms with Crippen LogP contribution in [0.25, 0.3) is 0 Å². The third-order valence-corrected chi connectivity index (χ3v) is 4.58. The van der Waals surface area contributed by atoms with Gasteiger partial charge in [0.15, 0.2) is 0 Å². The molecule has 0 saturated carbocycles. The summed E-state index contributed by atoms with van der Waals surface area (Å²) in [5, 5.41) is 0. The van der Waals surface area contributed by atoms with Crippen LogP contribution in [0.1, 0.15) is 129 Å². The van der Waals surface area contributed by atoms with Crippen molar-refractivity contribution in [2.75, 3.05) is 0 Å². The Bertz CT molecular complexity index is 255. The summed E-state index contributed by atoms with van der Waals surface area (Å²) in [6.07, 6.45) is 25.6. The quantitative estimate of drug-likeness (QED) is 0.144. The molecule has 0 amide bonds. The molecule has 0 N–H and O–H groups in total. The highest BCUT2D eigenvalue weighted by Crippen LogP contribution is 2.11. The van der Waals surface area contributed by atoms with Crippen LogP contribution in [-0.2, 0) is 0 Å². The molecule has 0 aliphatic heterocycles. The fourth-order valence-electron chi connectivity index (χ4n) is 2.97. The Hall–Kier alpha value is -0.570. The van der Waals surface area contributed by atoms with Crippen molar-refractivity contribution >= 4 is 0 Å². The standard InChI is InChI=1S/C23H43/c1-3-5-7-9-11-13-15-17-19-21-23-22-20-18-16-14-12-10-8-6-4-2/h1,3-16,18,20-23H2,2H3/q+1. The van der Waals surface area contributed by atoms with Crippen LogP contribution in [0, 0.1) is 18.8 Å². The molecular weight excluding hydrogens is 276 g/mol. The first-order valence-electron chi connectivity index (χ1n) is 10.7. The summed E-state index contributed by atoms with van der Waals surface area (Å²) < 4.78 is 0. The predicted octanol–water partition coefficient (Wildman–Crippen LogP) is 8.26. The van der Waals surface area contributed by atoms with E-state index in [-0.39, 0.29) is 0 Å². The van der Waals surface area contributed by atoms with Crippen LogP contribution in [0.5, 0.6) is 0 Å². The van der Waals surface area contributed by atoms with Crippen molar-refractivity contribution in [3.63, 3.8) is 0 Å². The van der Waals surface area contributed by atoms with Gasteiger partial charge in [-0.3, -0.25) is 0 Å². The average Bonchev–Trinajstić information content (AvgIpc) is 2.57. The van der Waals surface area contributed by atoms with Gasteiger partial charge in [-0.2, -0.15) is 0 Å². The van der Waals surface area contributed by atoms with E-state index >= 15 is 0 Å². The molecule has 134 valence electrons. The Morgan fingerprint density at radius 2 is 0.826 bits per heavy atom. The maximum Gasteiger partial charge on any atom is 0.0850 e. The summed E-state index contributed by atoms with van der Waals surface area (Å²) in [4.78, 5) is 0. The Balaban J connectivity index is 3.06. The molecule has 0 nitrogen and oxygen atoms in total. The zero-order valence-electron chi connectivity index (χ0n) is 16.1. The lowest BCUT2D eigenvalue weighted by Crippen LogP contribution is -1.82. The maximum atomic E-state index is 3.88. The lowest BCUT2D eigenvalue weighted by molar-refractivity contribution is 0.551. The Morgan fingerprint density at radius 3 is 1.22 bits per heavy atom. The molecule has 0 aromatic rings. The van der Waals surface area contributed by atoms with Gasteiger partial charge in [0.25, 0.3) is 0 Å². The molecule has 0 radical (unpaired) electrons. The zero-order chi connectivity index (χ0) is 16.8. The van der Waals surface area contributed by atoms with Gasteiger partial charge in [-0.1, -0.05) is 84.0 Å². The smallest absolute Gasteiger partial charge is 0.0850 e. The molecule has 0 aromatic heterocycles. The summed E-state index contributed by atoms with van der Waals surface area (Å²) in [7, 11) is 0. The number of hydrogen-bond donors (Lipinski definition) is 0. The minimum Gasteiger partial charge on any atom is -0.103 e. The summed E-state index contributed by atoms with van der Waals surface area (Å²) in [6.45, 7) is 6.17. The van der Waals surface area contributed by atoms with Crippen LogP contribution < -0.4 is 0 Å². The predicted molar refractivity (Wildman–Crippen MR) is 107 cm³/mol. The van der Waals surface area contributed by atoms with Crippen LogP contribution >= 0.6 is 0 Å². The molecule has 0 spiro atoms. The Labute approximate surface area is 148 Å². The largest absolute Gasteiger partial charge is 0.103 e. The van der Waals surface area contributed by atoms with E-state index in [2.05, 4.69) is 25.7 Å². The number of unbranched alkanes of at least 4 members (excludes halogenated alkanes) is 17.